The van der Waals surface area contributed by atoms with Crippen molar-refractivity contribution < 1.29 is 4.74 Å². The van der Waals surface area contributed by atoms with Gasteiger partial charge in [-0.3, -0.25) is 0 Å². The zero-order valence-corrected chi connectivity index (χ0v) is 11.4. The van der Waals surface area contributed by atoms with Gasteiger partial charge < -0.3 is 4.74 Å². The van der Waals surface area contributed by atoms with Crippen LogP contribution in [-0.2, 0) is 5.41 Å². The average Bonchev–Trinajstić information content (AvgIpc) is 2.80. The number of H-pyrrole nitrogens is 1. The fourth-order valence-electron chi connectivity index (χ4n) is 1.99. The van der Waals surface area contributed by atoms with Gasteiger partial charge in [-0.05, 0) is 29.2 Å². The highest BCUT2D eigenvalue weighted by Gasteiger charge is 2.23. The lowest BCUT2D eigenvalue weighted by molar-refractivity contribution is 0.399. The van der Waals surface area contributed by atoms with E-state index in [1.807, 2.05) is 6.07 Å². The van der Waals surface area contributed by atoms with E-state index in [1.54, 1.807) is 7.11 Å². The van der Waals surface area contributed by atoms with Crippen molar-refractivity contribution in [1.29, 1.82) is 0 Å². The molecule has 96 valence electrons. The zero-order valence-electron chi connectivity index (χ0n) is 11.4. The summed E-state index contributed by atoms with van der Waals surface area (Å²) in [6.07, 6.45) is 0. The van der Waals surface area contributed by atoms with Gasteiger partial charge in [0, 0.05) is 5.56 Å². The van der Waals surface area contributed by atoms with E-state index in [0.717, 1.165) is 22.4 Å². The van der Waals surface area contributed by atoms with Gasteiger partial charge in [0.25, 0.3) is 0 Å². The summed E-state index contributed by atoms with van der Waals surface area (Å²) >= 11 is 0. The van der Waals surface area contributed by atoms with E-state index in [-0.39, 0.29) is 5.41 Å². The third-order valence-electron chi connectivity index (χ3n) is 2.83. The number of rotatable bonds is 2. The van der Waals surface area contributed by atoms with Crippen molar-refractivity contribution in [2.45, 2.75) is 33.1 Å². The molecule has 2 rings (SSSR count). The van der Waals surface area contributed by atoms with Crippen LogP contribution in [0.25, 0.3) is 11.4 Å². The Morgan fingerprint density at radius 1 is 1.22 bits per heavy atom. The first-order chi connectivity index (χ1) is 8.43. The molecule has 0 unspecified atom stereocenters. The summed E-state index contributed by atoms with van der Waals surface area (Å²) in [5.41, 5.74) is 3.16. The van der Waals surface area contributed by atoms with E-state index in [2.05, 4.69) is 54.4 Å². The Hall–Kier alpha value is -1.91. The van der Waals surface area contributed by atoms with E-state index in [1.165, 1.54) is 0 Å². The van der Waals surface area contributed by atoms with Gasteiger partial charge in [0.15, 0.2) is 0 Å². The van der Waals surface area contributed by atoms with Crippen LogP contribution in [0.2, 0.25) is 0 Å². The molecule has 1 aromatic heterocycles. The average molecular weight is 246 g/mol. The van der Waals surface area contributed by atoms with Gasteiger partial charge in [0.1, 0.15) is 5.75 Å². The van der Waals surface area contributed by atoms with Gasteiger partial charge in [0.2, 0.25) is 5.82 Å². The number of aryl methyl sites for hydroxylation is 1. The van der Waals surface area contributed by atoms with E-state index < -0.39 is 0 Å². The lowest BCUT2D eigenvalue weighted by Crippen LogP contribution is -2.14. The molecule has 0 atom stereocenters. The van der Waals surface area contributed by atoms with Crippen LogP contribution in [0, 0.1) is 6.92 Å². The highest BCUT2D eigenvalue weighted by molar-refractivity contribution is 5.68. The SMILES string of the molecule is COc1c(-c2nn[nH]n2)cc(C)cc1C(C)(C)C. The third-order valence-corrected chi connectivity index (χ3v) is 2.83. The summed E-state index contributed by atoms with van der Waals surface area (Å²) in [7, 11) is 1.67. The Labute approximate surface area is 107 Å². The number of aromatic nitrogens is 4. The first-order valence-corrected chi connectivity index (χ1v) is 5.86. The first kappa shape index (κ1) is 12.5. The highest BCUT2D eigenvalue weighted by Crippen LogP contribution is 2.38. The molecule has 0 aliphatic rings. The standard InChI is InChI=1S/C13H18N4O/c1-8-6-9(12-14-16-17-15-12)11(18-5)10(7-8)13(2,3)4/h6-7H,1-5H3,(H,14,15,16,17). The van der Waals surface area contributed by atoms with Crippen molar-refractivity contribution in [3.8, 4) is 17.1 Å². The van der Waals surface area contributed by atoms with Crippen LogP contribution in [0.15, 0.2) is 12.1 Å². The fourth-order valence-corrected chi connectivity index (χ4v) is 1.99. The molecule has 0 fully saturated rings. The Morgan fingerprint density at radius 3 is 2.44 bits per heavy atom. The second kappa shape index (κ2) is 4.40. The number of hydrogen-bond acceptors (Lipinski definition) is 4. The van der Waals surface area contributed by atoms with Crippen LogP contribution < -0.4 is 4.74 Å². The summed E-state index contributed by atoms with van der Waals surface area (Å²) in [5.74, 6) is 1.37. The monoisotopic (exact) mass is 246 g/mol. The quantitative estimate of drug-likeness (QED) is 0.884. The third kappa shape index (κ3) is 2.20. The van der Waals surface area contributed by atoms with Crippen LogP contribution in [0.1, 0.15) is 31.9 Å². The van der Waals surface area contributed by atoms with Crippen LogP contribution >= 0.6 is 0 Å². The van der Waals surface area contributed by atoms with Gasteiger partial charge in [-0.25, -0.2) is 0 Å². The number of methoxy groups -OCH3 is 1. The second-order valence-electron chi connectivity index (χ2n) is 5.38. The molecule has 0 amide bonds. The summed E-state index contributed by atoms with van der Waals surface area (Å²) in [4.78, 5) is 0. The topological polar surface area (TPSA) is 63.7 Å². The van der Waals surface area contributed by atoms with Crippen molar-refractivity contribution in [3.63, 3.8) is 0 Å². The van der Waals surface area contributed by atoms with Crippen LogP contribution in [-0.4, -0.2) is 27.7 Å². The smallest absolute Gasteiger partial charge is 0.208 e. The number of nitrogens with one attached hydrogen (secondary N) is 1. The fraction of sp³-hybridized carbons (Fsp3) is 0.462. The molecule has 5 nitrogen and oxygen atoms in total. The molecule has 1 N–H and O–H groups in total. The molecular formula is C13H18N4O. The number of ether oxygens (including phenoxy) is 1. The molecule has 2 aromatic rings. The van der Waals surface area contributed by atoms with Crippen LogP contribution in [0.4, 0.5) is 0 Å². The molecule has 1 aromatic carbocycles. The van der Waals surface area contributed by atoms with Gasteiger partial charge in [-0.15, -0.1) is 10.2 Å². The summed E-state index contributed by atoms with van der Waals surface area (Å²) < 4.78 is 5.56. The largest absolute Gasteiger partial charge is 0.496 e. The van der Waals surface area contributed by atoms with Crippen molar-refractivity contribution >= 4 is 0 Å². The van der Waals surface area contributed by atoms with Crippen LogP contribution in [0.5, 0.6) is 5.75 Å². The highest BCUT2D eigenvalue weighted by atomic mass is 16.5. The van der Waals surface area contributed by atoms with E-state index in [0.29, 0.717) is 5.82 Å². The summed E-state index contributed by atoms with van der Waals surface area (Å²) in [6, 6.07) is 4.15. The maximum atomic E-state index is 5.56. The number of aromatic amines is 1. The molecule has 0 saturated carbocycles. The Kier molecular flexibility index (Phi) is 3.07. The maximum absolute atomic E-state index is 5.56. The number of tetrazole rings is 1. The van der Waals surface area contributed by atoms with Crippen molar-refractivity contribution in [1.82, 2.24) is 20.6 Å². The summed E-state index contributed by atoms with van der Waals surface area (Å²) in [5, 5.41) is 14.1. The number of benzene rings is 1. The van der Waals surface area contributed by atoms with E-state index in [9.17, 15) is 0 Å². The Bertz CT molecular complexity index is 541. The van der Waals surface area contributed by atoms with Gasteiger partial charge in [-0.2, -0.15) is 5.21 Å². The number of nitrogens with zero attached hydrogens (tertiary/aromatic N) is 3. The Balaban J connectivity index is 2.71. The second-order valence-corrected chi connectivity index (χ2v) is 5.38. The molecular weight excluding hydrogens is 228 g/mol. The normalized spacial score (nSPS) is 11.6. The molecule has 5 heteroatoms. The first-order valence-electron chi connectivity index (χ1n) is 5.86. The van der Waals surface area contributed by atoms with Crippen molar-refractivity contribution in [2.24, 2.45) is 0 Å². The molecule has 0 spiro atoms. The van der Waals surface area contributed by atoms with Crippen LogP contribution in [0.3, 0.4) is 0 Å². The molecule has 0 aliphatic heterocycles. The molecule has 0 bridgehead atoms. The van der Waals surface area contributed by atoms with Gasteiger partial charge >= 0.3 is 0 Å². The van der Waals surface area contributed by atoms with Gasteiger partial charge in [0.05, 0.1) is 12.7 Å². The van der Waals surface area contributed by atoms with Gasteiger partial charge in [-0.1, -0.05) is 26.8 Å². The van der Waals surface area contributed by atoms with Crippen molar-refractivity contribution in [2.75, 3.05) is 7.11 Å². The molecule has 0 radical (unpaired) electrons. The zero-order chi connectivity index (χ0) is 13.3. The van der Waals surface area contributed by atoms with Crippen molar-refractivity contribution in [3.05, 3.63) is 23.3 Å². The van der Waals surface area contributed by atoms with E-state index in [4.69, 9.17) is 4.74 Å². The molecule has 0 saturated heterocycles. The number of hydrogen-bond donors (Lipinski definition) is 1. The molecule has 1 heterocycles. The lowest BCUT2D eigenvalue weighted by Gasteiger charge is -2.24. The Morgan fingerprint density at radius 2 is 1.94 bits per heavy atom. The molecule has 18 heavy (non-hydrogen) atoms. The lowest BCUT2D eigenvalue weighted by atomic mass is 9.84. The summed E-state index contributed by atoms with van der Waals surface area (Å²) in [6.45, 7) is 8.52. The predicted octanol–water partition coefficient (Wildman–Crippen LogP) is 2.48. The molecule has 0 aliphatic carbocycles. The predicted molar refractivity (Wildman–Crippen MR) is 69.6 cm³/mol. The van der Waals surface area contributed by atoms with E-state index >= 15 is 0 Å². The minimum atomic E-state index is -0.00412. The minimum absolute atomic E-state index is 0.00412. The minimum Gasteiger partial charge on any atom is -0.496 e. The maximum Gasteiger partial charge on any atom is 0.208 e.